The van der Waals surface area contributed by atoms with Gasteiger partial charge in [0.05, 0.1) is 17.4 Å². The van der Waals surface area contributed by atoms with Crippen molar-refractivity contribution in [2.24, 2.45) is 0 Å². The largest absolute Gasteiger partial charge is 0.435 e. The quantitative estimate of drug-likeness (QED) is 0.667. The third-order valence-corrected chi connectivity index (χ3v) is 5.23. The summed E-state index contributed by atoms with van der Waals surface area (Å²) in [6, 6.07) is 4.61. The van der Waals surface area contributed by atoms with Gasteiger partial charge in [0, 0.05) is 37.5 Å². The predicted molar refractivity (Wildman–Crippen MR) is 98.0 cm³/mol. The van der Waals surface area contributed by atoms with Gasteiger partial charge in [0.2, 0.25) is 5.91 Å². The molecule has 1 fully saturated rings. The van der Waals surface area contributed by atoms with Crippen LogP contribution in [0.5, 0.6) is 0 Å². The van der Waals surface area contributed by atoms with Gasteiger partial charge in [-0.15, -0.1) is 0 Å². The second kappa shape index (κ2) is 7.16. The van der Waals surface area contributed by atoms with Crippen LogP contribution in [0, 0.1) is 13.8 Å². The van der Waals surface area contributed by atoms with Crippen LogP contribution in [0.1, 0.15) is 48.1 Å². The summed E-state index contributed by atoms with van der Waals surface area (Å²) in [5, 5.41) is 8.08. The Balaban J connectivity index is 1.51. The maximum Gasteiger partial charge on any atom is 0.435 e. The van der Waals surface area contributed by atoms with Gasteiger partial charge in [-0.1, -0.05) is 0 Å². The molecule has 1 aliphatic heterocycles. The second-order valence-corrected chi connectivity index (χ2v) is 7.31. The summed E-state index contributed by atoms with van der Waals surface area (Å²) in [5.74, 6) is -0.107. The number of amides is 1. The lowest BCUT2D eigenvalue weighted by atomic mass is 10.1. The summed E-state index contributed by atoms with van der Waals surface area (Å²) >= 11 is 0. The maximum absolute atomic E-state index is 12.9. The first-order chi connectivity index (χ1) is 13.7. The Morgan fingerprint density at radius 2 is 2.03 bits per heavy atom. The number of nitrogens with zero attached hydrogens (tertiary/aromatic N) is 6. The van der Waals surface area contributed by atoms with Crippen molar-refractivity contribution >= 4 is 11.6 Å². The van der Waals surface area contributed by atoms with Crippen LogP contribution in [-0.4, -0.2) is 41.7 Å². The first-order valence-corrected chi connectivity index (χ1v) is 9.46. The van der Waals surface area contributed by atoms with E-state index in [1.54, 1.807) is 22.5 Å². The van der Waals surface area contributed by atoms with Crippen LogP contribution in [0.3, 0.4) is 0 Å². The van der Waals surface area contributed by atoms with Gasteiger partial charge in [-0.25, -0.2) is 9.50 Å². The molecule has 0 radical (unpaired) electrons. The Morgan fingerprint density at radius 1 is 1.24 bits per heavy atom. The Bertz CT molecular complexity index is 1050. The number of fused-ring (bicyclic) bond motifs is 1. The number of alkyl halides is 3. The van der Waals surface area contributed by atoms with Gasteiger partial charge < -0.3 is 4.90 Å². The molecule has 1 saturated heterocycles. The molecule has 29 heavy (non-hydrogen) atoms. The molecule has 7 nitrogen and oxygen atoms in total. The molecule has 1 amide bonds. The molecule has 1 atom stereocenters. The van der Waals surface area contributed by atoms with Crippen LogP contribution in [0.25, 0.3) is 5.65 Å². The molecule has 3 aromatic rings. The molecule has 1 unspecified atom stereocenters. The first-order valence-electron chi connectivity index (χ1n) is 9.46. The SMILES string of the molecule is Cc1cc2nccc(C3CCCN3C(=O)CCn3nc(C(F)(F)F)cc3C)n2n1. The van der Waals surface area contributed by atoms with E-state index in [-0.39, 0.29) is 24.9 Å². The highest BCUT2D eigenvalue weighted by molar-refractivity contribution is 5.77. The molecule has 0 saturated carbocycles. The maximum atomic E-state index is 12.9. The molecule has 154 valence electrons. The van der Waals surface area contributed by atoms with Crippen molar-refractivity contribution in [3.05, 3.63) is 47.2 Å². The predicted octanol–water partition coefficient (Wildman–Crippen LogP) is 3.32. The minimum Gasteiger partial charge on any atom is -0.334 e. The highest BCUT2D eigenvalue weighted by Crippen LogP contribution is 2.33. The third kappa shape index (κ3) is 3.70. The zero-order valence-corrected chi connectivity index (χ0v) is 16.1. The number of likely N-dealkylation sites (tertiary alicyclic amines) is 1. The molecule has 4 heterocycles. The number of carbonyl (C=O) groups excluding carboxylic acids is 1. The van der Waals surface area contributed by atoms with Crippen LogP contribution in [-0.2, 0) is 17.5 Å². The topological polar surface area (TPSA) is 68.3 Å². The van der Waals surface area contributed by atoms with Crippen molar-refractivity contribution < 1.29 is 18.0 Å². The third-order valence-electron chi connectivity index (χ3n) is 5.23. The lowest BCUT2D eigenvalue weighted by molar-refractivity contribution is -0.141. The molecule has 0 N–H and O–H groups in total. The van der Waals surface area contributed by atoms with E-state index in [2.05, 4.69) is 15.2 Å². The number of halogens is 3. The molecule has 1 aliphatic rings. The smallest absolute Gasteiger partial charge is 0.334 e. The number of aryl methyl sites for hydroxylation is 3. The van der Waals surface area contributed by atoms with Crippen LogP contribution in [0.2, 0.25) is 0 Å². The van der Waals surface area contributed by atoms with E-state index in [4.69, 9.17) is 0 Å². The fourth-order valence-electron chi connectivity index (χ4n) is 3.87. The van der Waals surface area contributed by atoms with Crippen molar-refractivity contribution in [2.75, 3.05) is 6.54 Å². The number of hydrogen-bond donors (Lipinski definition) is 0. The van der Waals surface area contributed by atoms with Gasteiger partial charge in [-0.05, 0) is 38.8 Å². The molecule has 3 aromatic heterocycles. The lowest BCUT2D eigenvalue weighted by Crippen LogP contribution is -2.32. The Hall–Kier alpha value is -2.91. The van der Waals surface area contributed by atoms with Crippen LogP contribution in [0.4, 0.5) is 13.2 Å². The molecule has 0 spiro atoms. The van der Waals surface area contributed by atoms with Crippen LogP contribution in [0.15, 0.2) is 24.4 Å². The molecule has 4 rings (SSSR count). The summed E-state index contributed by atoms with van der Waals surface area (Å²) in [6.45, 7) is 4.16. The van der Waals surface area contributed by atoms with Crippen molar-refractivity contribution in [3.63, 3.8) is 0 Å². The van der Waals surface area contributed by atoms with E-state index >= 15 is 0 Å². The van der Waals surface area contributed by atoms with Crippen molar-refractivity contribution in [3.8, 4) is 0 Å². The average molecular weight is 406 g/mol. The summed E-state index contributed by atoms with van der Waals surface area (Å²) in [6.07, 6.45) is -1.03. The standard InChI is InChI=1S/C19H21F3N6O/c1-12-10-17-23-7-5-15(28(17)24-12)14-4-3-8-26(14)18(29)6-9-27-13(2)11-16(25-27)19(20,21)22/h5,7,10-11,14H,3-4,6,8-9H2,1-2H3. The lowest BCUT2D eigenvalue weighted by Gasteiger charge is -2.25. The normalized spacial score (nSPS) is 17.4. The van der Waals surface area contributed by atoms with E-state index in [0.29, 0.717) is 12.2 Å². The van der Waals surface area contributed by atoms with E-state index in [0.717, 1.165) is 35.9 Å². The number of aromatic nitrogens is 5. The average Bonchev–Trinajstić information content (AvgIpc) is 3.35. The Kier molecular flexibility index (Phi) is 4.79. The summed E-state index contributed by atoms with van der Waals surface area (Å²) in [7, 11) is 0. The van der Waals surface area contributed by atoms with Gasteiger partial charge >= 0.3 is 6.18 Å². The summed E-state index contributed by atoms with van der Waals surface area (Å²) in [4.78, 5) is 19.0. The van der Waals surface area contributed by atoms with E-state index in [9.17, 15) is 18.0 Å². The van der Waals surface area contributed by atoms with Gasteiger partial charge in [-0.3, -0.25) is 9.48 Å². The molecule has 0 bridgehead atoms. The van der Waals surface area contributed by atoms with E-state index in [1.165, 1.54) is 4.68 Å². The van der Waals surface area contributed by atoms with E-state index in [1.807, 2.05) is 19.1 Å². The number of hydrogen-bond acceptors (Lipinski definition) is 4. The summed E-state index contributed by atoms with van der Waals surface area (Å²) in [5.41, 5.74) is 1.91. The van der Waals surface area contributed by atoms with Gasteiger partial charge in [-0.2, -0.15) is 23.4 Å². The minimum atomic E-state index is -4.49. The van der Waals surface area contributed by atoms with Crippen molar-refractivity contribution in [2.45, 2.75) is 51.9 Å². The van der Waals surface area contributed by atoms with Gasteiger partial charge in [0.25, 0.3) is 0 Å². The Morgan fingerprint density at radius 3 is 2.76 bits per heavy atom. The van der Waals surface area contributed by atoms with Gasteiger partial charge in [0.1, 0.15) is 0 Å². The van der Waals surface area contributed by atoms with E-state index < -0.39 is 11.9 Å². The van der Waals surface area contributed by atoms with Gasteiger partial charge in [0.15, 0.2) is 11.3 Å². The zero-order chi connectivity index (χ0) is 20.8. The number of carbonyl (C=O) groups is 1. The van der Waals surface area contributed by atoms with Crippen LogP contribution < -0.4 is 0 Å². The molecule has 10 heteroatoms. The zero-order valence-electron chi connectivity index (χ0n) is 16.1. The fraction of sp³-hybridized carbons (Fsp3) is 0.474. The fourth-order valence-corrected chi connectivity index (χ4v) is 3.87. The van der Waals surface area contributed by atoms with Crippen LogP contribution >= 0.6 is 0 Å². The Labute approximate surface area is 165 Å². The first kappa shape index (κ1) is 19.4. The highest BCUT2D eigenvalue weighted by Gasteiger charge is 2.35. The number of rotatable bonds is 4. The monoisotopic (exact) mass is 406 g/mol. The highest BCUT2D eigenvalue weighted by atomic mass is 19.4. The molecule has 0 aromatic carbocycles. The summed E-state index contributed by atoms with van der Waals surface area (Å²) < 4.78 is 41.5. The van der Waals surface area contributed by atoms with Crippen molar-refractivity contribution in [1.82, 2.24) is 29.3 Å². The molecular formula is C19H21F3N6O. The van der Waals surface area contributed by atoms with Crippen molar-refractivity contribution in [1.29, 1.82) is 0 Å². The minimum absolute atomic E-state index is 0.0860. The molecule has 0 aliphatic carbocycles. The molecular weight excluding hydrogens is 385 g/mol. The second-order valence-electron chi connectivity index (χ2n) is 7.31.